The number of nitrogens with two attached hydrogens (primary N) is 1. The summed E-state index contributed by atoms with van der Waals surface area (Å²) in [5.41, 5.74) is 3.30. The molecule has 0 aliphatic heterocycles. The predicted molar refractivity (Wildman–Crippen MR) is 43.6 cm³/mol. The van der Waals surface area contributed by atoms with Gasteiger partial charge in [-0.05, 0) is 5.56 Å². The summed E-state index contributed by atoms with van der Waals surface area (Å²) < 4.78 is 0. The van der Waals surface area contributed by atoms with Crippen molar-refractivity contribution in [1.82, 2.24) is 5.43 Å². The van der Waals surface area contributed by atoms with Gasteiger partial charge in [0.2, 0.25) is 0 Å². The fraction of sp³-hybridized carbons (Fsp3) is 0.250. The van der Waals surface area contributed by atoms with Gasteiger partial charge in [-0.2, -0.15) is 0 Å². The second-order valence-electron chi connectivity index (χ2n) is 2.33. The highest BCUT2D eigenvalue weighted by Crippen LogP contribution is 2.09. The summed E-state index contributed by atoms with van der Waals surface area (Å²) in [4.78, 5) is 0. The molecule has 0 spiro atoms. The zero-order chi connectivity index (χ0) is 8.10. The minimum Gasteiger partial charge on any atom is -0.387 e. The number of hydrogen-bond donors (Lipinski definition) is 3. The summed E-state index contributed by atoms with van der Waals surface area (Å²) in [6, 6.07) is 9.40. The number of hydrazine groups is 1. The van der Waals surface area contributed by atoms with Crippen molar-refractivity contribution in [2.75, 3.05) is 6.54 Å². The van der Waals surface area contributed by atoms with Crippen LogP contribution >= 0.6 is 0 Å². The van der Waals surface area contributed by atoms with E-state index in [0.717, 1.165) is 5.56 Å². The molecule has 0 saturated heterocycles. The van der Waals surface area contributed by atoms with Crippen LogP contribution in [0.4, 0.5) is 0 Å². The maximum Gasteiger partial charge on any atom is 0.0928 e. The minimum absolute atomic E-state index is 0.379. The van der Waals surface area contributed by atoms with Crippen LogP contribution in [0.1, 0.15) is 11.7 Å². The standard InChI is InChI=1S/C8H12N2O/c9-10-6-8(11)7-4-2-1-3-5-7/h1-5,8,10-11H,6,9H2/t8-/m0/s1. The third-order valence-electron chi connectivity index (χ3n) is 1.50. The summed E-state index contributed by atoms with van der Waals surface area (Å²) in [6.45, 7) is 0.379. The van der Waals surface area contributed by atoms with Crippen LogP contribution in [0.3, 0.4) is 0 Å². The topological polar surface area (TPSA) is 58.3 Å². The number of hydrogen-bond acceptors (Lipinski definition) is 3. The molecule has 1 atom stereocenters. The van der Waals surface area contributed by atoms with Crippen molar-refractivity contribution in [2.24, 2.45) is 5.84 Å². The van der Waals surface area contributed by atoms with Crippen molar-refractivity contribution >= 4 is 0 Å². The maximum atomic E-state index is 9.38. The summed E-state index contributed by atoms with van der Waals surface area (Å²) in [7, 11) is 0. The van der Waals surface area contributed by atoms with Gasteiger partial charge >= 0.3 is 0 Å². The van der Waals surface area contributed by atoms with Gasteiger partial charge in [-0.25, -0.2) is 0 Å². The molecule has 1 aromatic rings. The Hall–Kier alpha value is -0.900. The Labute approximate surface area is 65.8 Å². The molecule has 0 bridgehead atoms. The Balaban J connectivity index is 2.61. The van der Waals surface area contributed by atoms with E-state index in [1.165, 1.54) is 0 Å². The highest BCUT2D eigenvalue weighted by atomic mass is 16.3. The Morgan fingerprint density at radius 1 is 1.36 bits per heavy atom. The second-order valence-corrected chi connectivity index (χ2v) is 2.33. The monoisotopic (exact) mass is 152 g/mol. The normalized spacial score (nSPS) is 12.9. The van der Waals surface area contributed by atoms with Gasteiger partial charge < -0.3 is 5.11 Å². The predicted octanol–water partition coefficient (Wildman–Crippen LogP) is 0.183. The number of benzene rings is 1. The third-order valence-corrected chi connectivity index (χ3v) is 1.50. The SMILES string of the molecule is NNC[C@H](O)c1ccccc1. The molecular weight excluding hydrogens is 140 g/mol. The van der Waals surface area contributed by atoms with E-state index < -0.39 is 6.10 Å². The van der Waals surface area contributed by atoms with Gasteiger partial charge in [0, 0.05) is 6.54 Å². The van der Waals surface area contributed by atoms with Crippen LogP contribution in [-0.2, 0) is 0 Å². The lowest BCUT2D eigenvalue weighted by atomic mass is 10.1. The van der Waals surface area contributed by atoms with Crippen molar-refractivity contribution in [3.63, 3.8) is 0 Å². The van der Waals surface area contributed by atoms with Crippen molar-refractivity contribution in [2.45, 2.75) is 6.10 Å². The number of nitrogens with one attached hydrogen (secondary N) is 1. The zero-order valence-corrected chi connectivity index (χ0v) is 6.20. The smallest absolute Gasteiger partial charge is 0.0928 e. The Bertz CT molecular complexity index is 201. The molecule has 0 aliphatic carbocycles. The van der Waals surface area contributed by atoms with Crippen LogP contribution in [-0.4, -0.2) is 11.7 Å². The van der Waals surface area contributed by atoms with Crippen LogP contribution in [0.25, 0.3) is 0 Å². The molecule has 0 amide bonds. The van der Waals surface area contributed by atoms with E-state index in [2.05, 4.69) is 5.43 Å². The molecule has 3 heteroatoms. The lowest BCUT2D eigenvalue weighted by Crippen LogP contribution is -2.27. The first-order valence-corrected chi connectivity index (χ1v) is 3.51. The Morgan fingerprint density at radius 3 is 2.55 bits per heavy atom. The van der Waals surface area contributed by atoms with E-state index in [4.69, 9.17) is 5.84 Å². The number of aliphatic hydroxyl groups excluding tert-OH is 1. The summed E-state index contributed by atoms with van der Waals surface area (Å²) in [6.07, 6.45) is -0.513. The molecular formula is C8H12N2O. The molecule has 11 heavy (non-hydrogen) atoms. The van der Waals surface area contributed by atoms with E-state index in [1.807, 2.05) is 30.3 Å². The molecule has 4 N–H and O–H groups in total. The van der Waals surface area contributed by atoms with Gasteiger partial charge in [0.25, 0.3) is 0 Å². The molecule has 1 aromatic carbocycles. The quantitative estimate of drug-likeness (QED) is 0.428. The first-order valence-electron chi connectivity index (χ1n) is 3.51. The van der Waals surface area contributed by atoms with E-state index in [-0.39, 0.29) is 0 Å². The molecule has 0 heterocycles. The number of rotatable bonds is 3. The molecule has 0 radical (unpaired) electrons. The van der Waals surface area contributed by atoms with Crippen LogP contribution in [0.15, 0.2) is 30.3 Å². The first-order chi connectivity index (χ1) is 5.34. The van der Waals surface area contributed by atoms with E-state index in [1.54, 1.807) is 0 Å². The van der Waals surface area contributed by atoms with Gasteiger partial charge in [-0.1, -0.05) is 30.3 Å². The van der Waals surface area contributed by atoms with Gasteiger partial charge in [0.15, 0.2) is 0 Å². The van der Waals surface area contributed by atoms with Crippen molar-refractivity contribution in [1.29, 1.82) is 0 Å². The van der Waals surface area contributed by atoms with Crippen molar-refractivity contribution in [3.8, 4) is 0 Å². The lowest BCUT2D eigenvalue weighted by Gasteiger charge is -2.08. The second kappa shape index (κ2) is 4.08. The molecule has 60 valence electrons. The molecule has 1 rings (SSSR count). The molecule has 0 saturated carbocycles. The van der Waals surface area contributed by atoms with Gasteiger partial charge in [0.05, 0.1) is 6.10 Å². The lowest BCUT2D eigenvalue weighted by molar-refractivity contribution is 0.175. The molecule has 0 fully saturated rings. The zero-order valence-electron chi connectivity index (χ0n) is 6.20. The molecule has 3 nitrogen and oxygen atoms in total. The Kier molecular flexibility index (Phi) is 3.04. The number of aliphatic hydroxyl groups is 1. The van der Waals surface area contributed by atoms with E-state index in [9.17, 15) is 5.11 Å². The van der Waals surface area contributed by atoms with Crippen LogP contribution < -0.4 is 11.3 Å². The van der Waals surface area contributed by atoms with Gasteiger partial charge in [-0.15, -0.1) is 0 Å². The molecule has 0 aromatic heterocycles. The van der Waals surface area contributed by atoms with Crippen LogP contribution in [0.5, 0.6) is 0 Å². The minimum atomic E-state index is -0.513. The largest absolute Gasteiger partial charge is 0.387 e. The third kappa shape index (κ3) is 2.31. The molecule has 0 unspecified atom stereocenters. The summed E-state index contributed by atoms with van der Waals surface area (Å²) in [5, 5.41) is 9.38. The fourth-order valence-electron chi connectivity index (χ4n) is 0.905. The van der Waals surface area contributed by atoms with Crippen molar-refractivity contribution in [3.05, 3.63) is 35.9 Å². The summed E-state index contributed by atoms with van der Waals surface area (Å²) in [5.74, 6) is 5.06. The van der Waals surface area contributed by atoms with Crippen molar-refractivity contribution < 1.29 is 5.11 Å². The van der Waals surface area contributed by atoms with Gasteiger partial charge in [-0.3, -0.25) is 11.3 Å². The Morgan fingerprint density at radius 2 is 2.00 bits per heavy atom. The highest BCUT2D eigenvalue weighted by molar-refractivity contribution is 5.17. The molecule has 0 aliphatic rings. The summed E-state index contributed by atoms with van der Waals surface area (Å²) >= 11 is 0. The fourth-order valence-corrected chi connectivity index (χ4v) is 0.905. The van der Waals surface area contributed by atoms with E-state index >= 15 is 0 Å². The highest BCUT2D eigenvalue weighted by Gasteiger charge is 2.03. The first kappa shape index (κ1) is 8.20. The average Bonchev–Trinajstić information content (AvgIpc) is 2.07. The van der Waals surface area contributed by atoms with E-state index in [0.29, 0.717) is 6.54 Å². The average molecular weight is 152 g/mol. The maximum absolute atomic E-state index is 9.38. The van der Waals surface area contributed by atoms with Crippen LogP contribution in [0.2, 0.25) is 0 Å². The van der Waals surface area contributed by atoms with Crippen LogP contribution in [0, 0.1) is 0 Å². The van der Waals surface area contributed by atoms with Gasteiger partial charge in [0.1, 0.15) is 0 Å².